The Balaban J connectivity index is 1.16. The second-order valence-corrected chi connectivity index (χ2v) is 19.4. The molecule has 0 atom stereocenters. The Hall–Kier alpha value is -3.60. The van der Waals surface area contributed by atoms with Crippen LogP contribution in [-0.2, 0) is 30.1 Å². The van der Waals surface area contributed by atoms with Gasteiger partial charge in [0.15, 0.2) is 17.3 Å². The molecule has 51 heavy (non-hydrogen) atoms. The molecule has 3 aromatic carbocycles. The number of hydrogen-bond donors (Lipinski definition) is 0. The van der Waals surface area contributed by atoms with Gasteiger partial charge in [0.2, 0.25) is 30.1 Å². The molecule has 12 nitrogen and oxygen atoms in total. The summed E-state index contributed by atoms with van der Waals surface area (Å²) in [5, 5.41) is 0. The molecule has 3 aliphatic heterocycles. The lowest BCUT2D eigenvalue weighted by atomic mass is 10.0. The average Bonchev–Trinajstić information content (AvgIpc) is 3.73. The summed E-state index contributed by atoms with van der Waals surface area (Å²) in [6, 6.07) is 16.5. The minimum Gasteiger partial charge on any atom is -0.294 e. The van der Waals surface area contributed by atoms with Crippen molar-refractivity contribution in [3.05, 3.63) is 89.5 Å². The Morgan fingerprint density at radius 3 is 0.765 bits per heavy atom. The zero-order valence-electron chi connectivity index (χ0n) is 27.9. The number of sulfonamides is 3. The highest BCUT2D eigenvalue weighted by atomic mass is 32.2. The maximum atomic E-state index is 13.9. The summed E-state index contributed by atoms with van der Waals surface area (Å²) in [6.07, 6.45) is 4.64. The van der Waals surface area contributed by atoms with Crippen molar-refractivity contribution >= 4 is 47.4 Å². The second-order valence-electron chi connectivity index (χ2n) is 13.6. The van der Waals surface area contributed by atoms with E-state index in [1.807, 2.05) is 0 Å². The van der Waals surface area contributed by atoms with Gasteiger partial charge >= 0.3 is 0 Å². The largest absolute Gasteiger partial charge is 0.294 e. The van der Waals surface area contributed by atoms with Crippen molar-refractivity contribution in [3.8, 4) is 0 Å². The molecular formula is C36H39N3O9S3. The van der Waals surface area contributed by atoms with Crippen LogP contribution in [0, 0.1) is 17.8 Å². The molecule has 4 aliphatic rings. The van der Waals surface area contributed by atoms with Crippen molar-refractivity contribution in [2.75, 3.05) is 39.3 Å². The second kappa shape index (κ2) is 13.7. The molecule has 0 bridgehead atoms. The van der Waals surface area contributed by atoms with Crippen LogP contribution in [0.1, 0.15) is 69.6 Å². The fraction of sp³-hybridized carbons (Fsp3) is 0.417. The standard InChI is InChI=1S/C36H39N3O9S3/c40-34(25-7-13-28(14-8-25)49(43,44)37-19-1-2-20-37)31-32(35(41)26-9-15-29(16-10-26)50(45,46)38-21-3-4-22-38)33(31)36(42)27-11-17-30(18-12-27)51(47,48)39-23-5-6-24-39/h7-18,31-33H,1-6,19-24H2. The Morgan fingerprint density at radius 2 is 0.569 bits per heavy atom. The molecule has 1 aliphatic carbocycles. The molecule has 0 N–H and O–H groups in total. The number of rotatable bonds is 12. The molecule has 4 fully saturated rings. The summed E-state index contributed by atoms with van der Waals surface area (Å²) < 4.78 is 82.5. The highest BCUT2D eigenvalue weighted by molar-refractivity contribution is 7.89. The number of carbonyl (C=O) groups is 3. The summed E-state index contributed by atoms with van der Waals surface area (Å²) in [5.74, 6) is -4.69. The lowest BCUT2D eigenvalue weighted by Gasteiger charge is -2.15. The predicted molar refractivity (Wildman–Crippen MR) is 187 cm³/mol. The molecular weight excluding hydrogens is 715 g/mol. The van der Waals surface area contributed by atoms with Gasteiger partial charge in [0, 0.05) is 73.7 Å². The first-order chi connectivity index (χ1) is 24.3. The maximum absolute atomic E-state index is 13.9. The summed E-state index contributed by atoms with van der Waals surface area (Å²) >= 11 is 0. The third-order valence-electron chi connectivity index (χ3n) is 10.5. The first-order valence-corrected chi connectivity index (χ1v) is 21.6. The number of Topliss-reactive ketones (excluding diaryl/α,β-unsaturated/α-hetero) is 3. The van der Waals surface area contributed by atoms with Crippen LogP contribution < -0.4 is 0 Å². The van der Waals surface area contributed by atoms with E-state index in [4.69, 9.17) is 0 Å². The van der Waals surface area contributed by atoms with Crippen molar-refractivity contribution in [1.82, 2.24) is 12.9 Å². The molecule has 7 rings (SSSR count). The quantitative estimate of drug-likeness (QED) is 0.250. The average molecular weight is 754 g/mol. The molecule has 3 saturated heterocycles. The van der Waals surface area contributed by atoms with E-state index in [0.29, 0.717) is 39.3 Å². The van der Waals surface area contributed by atoms with Crippen LogP contribution in [0.2, 0.25) is 0 Å². The fourth-order valence-electron chi connectivity index (χ4n) is 7.47. The molecule has 0 aromatic heterocycles. The van der Waals surface area contributed by atoms with E-state index >= 15 is 0 Å². The van der Waals surface area contributed by atoms with Crippen LogP contribution in [0.5, 0.6) is 0 Å². The minimum absolute atomic E-state index is 0.0462. The van der Waals surface area contributed by atoms with Gasteiger partial charge in [0.1, 0.15) is 0 Å². The molecule has 3 heterocycles. The molecule has 0 spiro atoms. The number of nitrogens with zero attached hydrogens (tertiary/aromatic N) is 3. The topological polar surface area (TPSA) is 163 Å². The van der Waals surface area contributed by atoms with Crippen LogP contribution >= 0.6 is 0 Å². The Bertz CT molecular complexity index is 1910. The van der Waals surface area contributed by atoms with Crippen molar-refractivity contribution in [2.45, 2.75) is 53.2 Å². The van der Waals surface area contributed by atoms with Gasteiger partial charge in [0.25, 0.3) is 0 Å². The van der Waals surface area contributed by atoms with Gasteiger partial charge in [0.05, 0.1) is 14.7 Å². The van der Waals surface area contributed by atoms with Crippen molar-refractivity contribution in [3.63, 3.8) is 0 Å². The summed E-state index contributed by atoms with van der Waals surface area (Å²) in [4.78, 5) is 42.0. The lowest BCUT2D eigenvalue weighted by Crippen LogP contribution is -2.27. The third kappa shape index (κ3) is 6.64. The smallest absolute Gasteiger partial charge is 0.243 e. The fourth-order valence-corrected chi connectivity index (χ4v) is 12.0. The van der Waals surface area contributed by atoms with E-state index in [0.717, 1.165) is 38.5 Å². The normalized spacial score (nSPS) is 23.4. The van der Waals surface area contributed by atoms with Crippen LogP contribution in [0.15, 0.2) is 87.5 Å². The van der Waals surface area contributed by atoms with Gasteiger partial charge in [-0.05, 0) is 74.9 Å². The Morgan fingerprint density at radius 1 is 0.373 bits per heavy atom. The third-order valence-corrected chi connectivity index (χ3v) is 16.2. The molecule has 1 saturated carbocycles. The van der Waals surface area contributed by atoms with Crippen LogP contribution in [-0.4, -0.2) is 94.8 Å². The van der Waals surface area contributed by atoms with Gasteiger partial charge < -0.3 is 0 Å². The number of hydrogen-bond acceptors (Lipinski definition) is 9. The monoisotopic (exact) mass is 753 g/mol. The number of benzene rings is 3. The van der Waals surface area contributed by atoms with Gasteiger partial charge in [-0.15, -0.1) is 0 Å². The van der Waals surface area contributed by atoms with Crippen molar-refractivity contribution < 1.29 is 39.6 Å². The first-order valence-electron chi connectivity index (χ1n) is 17.2. The summed E-state index contributed by atoms with van der Waals surface area (Å²) in [6.45, 7) is 2.55. The maximum Gasteiger partial charge on any atom is 0.243 e. The van der Waals surface area contributed by atoms with Gasteiger partial charge in [-0.1, -0.05) is 36.4 Å². The zero-order valence-corrected chi connectivity index (χ0v) is 30.3. The van der Waals surface area contributed by atoms with Gasteiger partial charge in [-0.25, -0.2) is 25.3 Å². The van der Waals surface area contributed by atoms with E-state index in [-0.39, 0.29) is 31.4 Å². The highest BCUT2D eigenvalue weighted by Gasteiger charge is 2.62. The zero-order chi connectivity index (χ0) is 36.1. The van der Waals surface area contributed by atoms with Crippen molar-refractivity contribution in [2.24, 2.45) is 17.8 Å². The van der Waals surface area contributed by atoms with Crippen LogP contribution in [0.4, 0.5) is 0 Å². The van der Waals surface area contributed by atoms with Gasteiger partial charge in [-0.3, -0.25) is 14.4 Å². The Labute approximate surface area is 298 Å². The molecule has 270 valence electrons. The molecule has 0 amide bonds. The molecule has 15 heteroatoms. The lowest BCUT2D eigenvalue weighted by molar-refractivity contribution is 0.0905. The number of ketones is 3. The van der Waals surface area contributed by atoms with Gasteiger partial charge in [-0.2, -0.15) is 12.9 Å². The molecule has 0 unspecified atom stereocenters. The minimum atomic E-state index is -3.72. The summed E-state index contributed by atoms with van der Waals surface area (Å²) in [5.41, 5.74) is 0.438. The molecule has 3 aromatic rings. The van der Waals surface area contributed by atoms with Crippen LogP contribution in [0.3, 0.4) is 0 Å². The van der Waals surface area contributed by atoms with E-state index in [9.17, 15) is 39.6 Å². The van der Waals surface area contributed by atoms with E-state index in [2.05, 4.69) is 0 Å². The SMILES string of the molecule is O=C(c1ccc(S(=O)(=O)N2CCCC2)cc1)C1C(C(=O)c2ccc(S(=O)(=O)N3CCCC3)cc2)C1C(=O)c1ccc(S(=O)(=O)N2CCCC2)cc1. The van der Waals surface area contributed by atoms with E-state index in [1.54, 1.807) is 0 Å². The van der Waals surface area contributed by atoms with E-state index in [1.165, 1.54) is 85.7 Å². The van der Waals surface area contributed by atoms with Crippen molar-refractivity contribution in [1.29, 1.82) is 0 Å². The summed E-state index contributed by atoms with van der Waals surface area (Å²) in [7, 11) is -11.2. The highest BCUT2D eigenvalue weighted by Crippen LogP contribution is 2.52. The molecule has 0 radical (unpaired) electrons. The number of carbonyl (C=O) groups excluding carboxylic acids is 3. The first kappa shape index (κ1) is 35.8. The predicted octanol–water partition coefficient (Wildman–Crippen LogP) is 3.85. The van der Waals surface area contributed by atoms with Crippen LogP contribution in [0.25, 0.3) is 0 Å². The Kier molecular flexibility index (Phi) is 9.65. The van der Waals surface area contributed by atoms with E-state index < -0.39 is 65.2 Å².